The van der Waals surface area contributed by atoms with Crippen LogP contribution < -0.4 is 4.74 Å². The predicted molar refractivity (Wildman–Crippen MR) is 133 cm³/mol. The van der Waals surface area contributed by atoms with Gasteiger partial charge in [0.15, 0.2) is 0 Å². The highest BCUT2D eigenvalue weighted by molar-refractivity contribution is 6.16. The van der Waals surface area contributed by atoms with Crippen LogP contribution in [-0.2, 0) is 14.3 Å². The van der Waals surface area contributed by atoms with Gasteiger partial charge in [-0.05, 0) is 49.2 Å². The summed E-state index contributed by atoms with van der Waals surface area (Å²) in [5, 5.41) is 20.6. The van der Waals surface area contributed by atoms with Gasteiger partial charge in [0.05, 0.1) is 16.7 Å². The second-order valence-corrected chi connectivity index (χ2v) is 8.72. The van der Waals surface area contributed by atoms with Crippen LogP contribution in [0.1, 0.15) is 24.6 Å². The second kappa shape index (κ2) is 10.7. The minimum atomic E-state index is -1.60. The van der Waals surface area contributed by atoms with Crippen LogP contribution in [0.3, 0.4) is 0 Å². The highest BCUT2D eigenvalue weighted by Crippen LogP contribution is 2.50. The predicted octanol–water partition coefficient (Wildman–Crippen LogP) is 5.09. The average Bonchev–Trinajstić information content (AvgIpc) is 2.88. The lowest BCUT2D eigenvalue weighted by molar-refractivity contribution is -0.148. The molecule has 0 saturated heterocycles. The molecule has 0 spiro atoms. The topological polar surface area (TPSA) is 119 Å². The Morgan fingerprint density at radius 1 is 1.05 bits per heavy atom. The lowest BCUT2D eigenvalue weighted by atomic mass is 9.64. The van der Waals surface area contributed by atoms with Gasteiger partial charge < -0.3 is 19.7 Å². The molecule has 8 nitrogen and oxygen atoms in total. The van der Waals surface area contributed by atoms with E-state index in [0.29, 0.717) is 11.3 Å². The number of nitrogens with zero attached hydrogens (tertiary/aromatic N) is 2. The molecular weight excluding hydrogens is 479 g/mol. The summed E-state index contributed by atoms with van der Waals surface area (Å²) in [6.07, 6.45) is 3.09. The average molecular weight is 505 g/mol. The van der Waals surface area contributed by atoms with Gasteiger partial charge in [-0.25, -0.2) is 14.2 Å². The molecule has 0 aliphatic heterocycles. The molecule has 37 heavy (non-hydrogen) atoms. The van der Waals surface area contributed by atoms with E-state index in [1.165, 1.54) is 50.6 Å². The molecule has 190 valence electrons. The number of ether oxygens (including phenoxy) is 2. The van der Waals surface area contributed by atoms with E-state index >= 15 is 0 Å². The third-order valence-electron chi connectivity index (χ3n) is 6.35. The standard InChI is InChI=1S/C28H25FN2O6/c1-28(26(34)35)16-20(22-12-14-30-27(31-22)37-19-6-4-3-5-7-19)23(17-8-10-18(29)11-9-17)24(25(32)33)21(28)13-15-36-2/h3-12,14,16,21H,13,15H2,1-2H3,(H,32,33)(H,34,35). The fourth-order valence-electron chi connectivity index (χ4n) is 4.50. The molecule has 9 heteroatoms. The third kappa shape index (κ3) is 5.26. The highest BCUT2D eigenvalue weighted by Gasteiger charge is 2.48. The molecule has 0 amide bonds. The molecule has 0 saturated carbocycles. The van der Waals surface area contributed by atoms with E-state index in [9.17, 15) is 24.2 Å². The minimum Gasteiger partial charge on any atom is -0.481 e. The Balaban J connectivity index is 1.95. The zero-order valence-electron chi connectivity index (χ0n) is 20.2. The molecule has 2 aromatic carbocycles. The van der Waals surface area contributed by atoms with E-state index in [1.807, 2.05) is 6.07 Å². The van der Waals surface area contributed by atoms with E-state index in [-0.39, 0.29) is 41.5 Å². The number of hydrogen-bond acceptors (Lipinski definition) is 6. The molecule has 2 unspecified atom stereocenters. The number of carboxylic acids is 2. The molecule has 1 aliphatic rings. The Kier molecular flexibility index (Phi) is 7.45. The summed E-state index contributed by atoms with van der Waals surface area (Å²) in [6.45, 7) is 1.62. The van der Waals surface area contributed by atoms with Gasteiger partial charge in [-0.1, -0.05) is 36.4 Å². The van der Waals surface area contributed by atoms with Gasteiger partial charge in [0.2, 0.25) is 0 Å². The molecule has 1 heterocycles. The lowest BCUT2D eigenvalue weighted by Crippen LogP contribution is -2.40. The van der Waals surface area contributed by atoms with Gasteiger partial charge in [-0.2, -0.15) is 4.98 Å². The number of aliphatic carboxylic acids is 2. The van der Waals surface area contributed by atoms with Crippen molar-refractivity contribution >= 4 is 23.1 Å². The summed E-state index contributed by atoms with van der Waals surface area (Å²) in [5.41, 5.74) is -0.535. The Morgan fingerprint density at radius 3 is 2.38 bits per heavy atom. The number of allylic oxidation sites excluding steroid dienone is 2. The van der Waals surface area contributed by atoms with Gasteiger partial charge in [0.25, 0.3) is 0 Å². The Hall–Kier alpha value is -4.37. The normalized spacial score (nSPS) is 19.3. The van der Waals surface area contributed by atoms with Crippen molar-refractivity contribution in [3.8, 4) is 11.8 Å². The van der Waals surface area contributed by atoms with Crippen LogP contribution >= 0.6 is 0 Å². The van der Waals surface area contributed by atoms with E-state index in [4.69, 9.17) is 9.47 Å². The summed E-state index contributed by atoms with van der Waals surface area (Å²) in [4.78, 5) is 33.9. The maximum absolute atomic E-state index is 13.8. The van der Waals surface area contributed by atoms with Crippen LogP contribution in [0.25, 0.3) is 11.1 Å². The monoisotopic (exact) mass is 504 g/mol. The van der Waals surface area contributed by atoms with Crippen molar-refractivity contribution in [2.24, 2.45) is 11.3 Å². The van der Waals surface area contributed by atoms with E-state index in [1.54, 1.807) is 30.3 Å². The molecule has 2 atom stereocenters. The van der Waals surface area contributed by atoms with E-state index in [2.05, 4.69) is 9.97 Å². The number of carboxylic acid groups (broad SMARTS) is 2. The van der Waals surface area contributed by atoms with Crippen LogP contribution in [0.2, 0.25) is 0 Å². The number of aromatic nitrogens is 2. The summed E-state index contributed by atoms with van der Waals surface area (Å²) in [6, 6.07) is 15.8. The number of methoxy groups -OCH3 is 1. The maximum atomic E-state index is 13.8. The van der Waals surface area contributed by atoms with Crippen molar-refractivity contribution in [3.05, 3.63) is 95.6 Å². The molecular formula is C28H25FN2O6. The third-order valence-corrected chi connectivity index (χ3v) is 6.35. The number of rotatable bonds is 9. The molecule has 2 N–H and O–H groups in total. The number of carbonyl (C=O) groups is 2. The molecule has 4 rings (SSSR count). The van der Waals surface area contributed by atoms with Crippen LogP contribution in [0.5, 0.6) is 11.8 Å². The van der Waals surface area contributed by atoms with Crippen LogP contribution in [0.15, 0.2) is 78.5 Å². The molecule has 1 aliphatic carbocycles. The zero-order valence-corrected chi connectivity index (χ0v) is 20.2. The molecule has 0 bridgehead atoms. The van der Waals surface area contributed by atoms with E-state index < -0.39 is 29.1 Å². The Bertz CT molecular complexity index is 1370. The van der Waals surface area contributed by atoms with Crippen LogP contribution in [-0.4, -0.2) is 45.8 Å². The first kappa shape index (κ1) is 25.7. The number of halogens is 1. The van der Waals surface area contributed by atoms with Crippen molar-refractivity contribution in [3.63, 3.8) is 0 Å². The zero-order chi connectivity index (χ0) is 26.6. The number of hydrogen-bond donors (Lipinski definition) is 2. The Morgan fingerprint density at radius 2 is 1.76 bits per heavy atom. The summed E-state index contributed by atoms with van der Waals surface area (Å²) < 4.78 is 24.7. The smallest absolute Gasteiger partial charge is 0.332 e. The van der Waals surface area contributed by atoms with E-state index in [0.717, 1.165) is 0 Å². The maximum Gasteiger partial charge on any atom is 0.332 e. The van der Waals surface area contributed by atoms with Crippen molar-refractivity contribution in [1.29, 1.82) is 0 Å². The molecule has 0 fully saturated rings. The van der Waals surface area contributed by atoms with Gasteiger partial charge in [-0.3, -0.25) is 4.79 Å². The fraction of sp³-hybridized carbons (Fsp3) is 0.214. The number of para-hydroxylation sites is 1. The second-order valence-electron chi connectivity index (χ2n) is 8.72. The lowest BCUT2D eigenvalue weighted by Gasteiger charge is -2.38. The van der Waals surface area contributed by atoms with Crippen LogP contribution in [0.4, 0.5) is 4.39 Å². The number of benzene rings is 2. The van der Waals surface area contributed by atoms with Gasteiger partial charge in [-0.15, -0.1) is 0 Å². The molecule has 1 aromatic heterocycles. The van der Waals surface area contributed by atoms with Crippen molar-refractivity contribution in [1.82, 2.24) is 9.97 Å². The first-order valence-electron chi connectivity index (χ1n) is 11.5. The van der Waals surface area contributed by atoms with Crippen molar-refractivity contribution in [2.75, 3.05) is 13.7 Å². The highest BCUT2D eigenvalue weighted by atomic mass is 19.1. The summed E-state index contributed by atoms with van der Waals surface area (Å²) in [7, 11) is 1.46. The minimum absolute atomic E-state index is 0.00142. The van der Waals surface area contributed by atoms with Gasteiger partial charge in [0.1, 0.15) is 11.6 Å². The van der Waals surface area contributed by atoms with Crippen molar-refractivity contribution in [2.45, 2.75) is 13.3 Å². The molecule has 3 aromatic rings. The van der Waals surface area contributed by atoms with Gasteiger partial charge in [0, 0.05) is 37.0 Å². The fourth-order valence-corrected chi connectivity index (χ4v) is 4.50. The van der Waals surface area contributed by atoms with Crippen molar-refractivity contribution < 1.29 is 33.7 Å². The summed E-state index contributed by atoms with van der Waals surface area (Å²) in [5.74, 6) is -3.42. The largest absolute Gasteiger partial charge is 0.481 e. The quantitative estimate of drug-likeness (QED) is 0.414. The summed E-state index contributed by atoms with van der Waals surface area (Å²) >= 11 is 0. The Labute approximate surface area is 212 Å². The van der Waals surface area contributed by atoms with Crippen LogP contribution in [0, 0.1) is 17.2 Å². The first-order chi connectivity index (χ1) is 17.7. The van der Waals surface area contributed by atoms with Gasteiger partial charge >= 0.3 is 17.9 Å². The first-order valence-corrected chi connectivity index (χ1v) is 11.5. The SMILES string of the molecule is COCCC1C(C(=O)O)=C(c2ccc(F)cc2)C(c2ccnc(Oc3ccccc3)n2)=CC1(C)C(=O)O. The molecule has 0 radical (unpaired) electrons.